The van der Waals surface area contributed by atoms with Crippen molar-refractivity contribution in [3.63, 3.8) is 0 Å². The van der Waals surface area contributed by atoms with Crippen LogP contribution in [0.5, 0.6) is 0 Å². The predicted molar refractivity (Wildman–Crippen MR) is 67.0 cm³/mol. The van der Waals surface area contributed by atoms with Crippen LogP contribution >= 0.6 is 0 Å². The summed E-state index contributed by atoms with van der Waals surface area (Å²) in [5.41, 5.74) is -0.463. The summed E-state index contributed by atoms with van der Waals surface area (Å²) in [5, 5.41) is 0. The highest BCUT2D eigenvalue weighted by Gasteiger charge is 2.31. The van der Waals surface area contributed by atoms with E-state index in [1.54, 1.807) is 12.0 Å². The number of nitrogens with zero attached hydrogens (tertiary/aromatic N) is 1. The van der Waals surface area contributed by atoms with Gasteiger partial charge in [-0.05, 0) is 26.7 Å². The summed E-state index contributed by atoms with van der Waals surface area (Å²) in [4.78, 5) is 25.4. The molecule has 5 heteroatoms. The first kappa shape index (κ1) is 15.0. The number of hydrogen-bond donors (Lipinski definition) is 0. The summed E-state index contributed by atoms with van der Waals surface area (Å²) in [6.07, 6.45) is 1.97. The molecule has 0 bridgehead atoms. The van der Waals surface area contributed by atoms with Gasteiger partial charge in [0, 0.05) is 20.2 Å². The third-order valence-corrected chi connectivity index (χ3v) is 3.44. The largest absolute Gasteiger partial charge is 0.469 e. The first-order valence-corrected chi connectivity index (χ1v) is 6.30. The minimum atomic E-state index is -0.463. The van der Waals surface area contributed by atoms with Crippen molar-refractivity contribution in [2.75, 3.05) is 27.3 Å². The van der Waals surface area contributed by atoms with Gasteiger partial charge in [0.05, 0.1) is 25.0 Å². The average Bonchev–Trinajstić information content (AvgIpc) is 2.37. The van der Waals surface area contributed by atoms with Crippen LogP contribution in [0.15, 0.2) is 0 Å². The van der Waals surface area contributed by atoms with Gasteiger partial charge >= 0.3 is 5.97 Å². The van der Waals surface area contributed by atoms with E-state index in [0.717, 1.165) is 12.8 Å². The topological polar surface area (TPSA) is 55.8 Å². The third-order valence-electron chi connectivity index (χ3n) is 3.44. The van der Waals surface area contributed by atoms with Crippen LogP contribution in [-0.4, -0.2) is 49.7 Å². The van der Waals surface area contributed by atoms with Crippen LogP contribution in [0.25, 0.3) is 0 Å². The minimum Gasteiger partial charge on any atom is -0.469 e. The van der Waals surface area contributed by atoms with E-state index in [2.05, 4.69) is 0 Å². The van der Waals surface area contributed by atoms with Crippen molar-refractivity contribution >= 4 is 11.9 Å². The fourth-order valence-corrected chi connectivity index (χ4v) is 2.11. The second kappa shape index (κ2) is 6.18. The first-order chi connectivity index (χ1) is 8.39. The molecule has 0 N–H and O–H groups in total. The number of ether oxygens (including phenoxy) is 2. The van der Waals surface area contributed by atoms with E-state index >= 15 is 0 Å². The molecule has 1 saturated heterocycles. The molecule has 1 atom stereocenters. The monoisotopic (exact) mass is 257 g/mol. The van der Waals surface area contributed by atoms with Crippen molar-refractivity contribution in [2.45, 2.75) is 38.7 Å². The fraction of sp³-hybridized carbons (Fsp3) is 0.846. The van der Waals surface area contributed by atoms with E-state index in [-0.39, 0.29) is 17.8 Å². The standard InChI is InChI=1S/C13H23NO4/c1-13(2,18-4)8-11(15)14-7-5-6-10(9-14)12(16)17-3/h10H,5-9H2,1-4H3/t10-/m0/s1. The SMILES string of the molecule is COC(=O)[C@H]1CCCN(C(=O)CC(C)(C)OC)C1. The number of likely N-dealkylation sites (tertiary alicyclic amines) is 1. The quantitative estimate of drug-likeness (QED) is 0.710. The van der Waals surface area contributed by atoms with Crippen LogP contribution in [0.4, 0.5) is 0 Å². The van der Waals surface area contributed by atoms with Gasteiger partial charge in [-0.25, -0.2) is 0 Å². The molecule has 0 spiro atoms. The zero-order valence-electron chi connectivity index (χ0n) is 11.7. The number of hydrogen-bond acceptors (Lipinski definition) is 4. The van der Waals surface area contributed by atoms with Crippen LogP contribution in [0.2, 0.25) is 0 Å². The summed E-state index contributed by atoms with van der Waals surface area (Å²) in [6.45, 7) is 4.94. The smallest absolute Gasteiger partial charge is 0.310 e. The fourth-order valence-electron chi connectivity index (χ4n) is 2.11. The Bertz CT molecular complexity index is 314. The lowest BCUT2D eigenvalue weighted by Gasteiger charge is -2.33. The van der Waals surface area contributed by atoms with Crippen LogP contribution in [0.1, 0.15) is 33.1 Å². The molecule has 104 valence electrons. The Hall–Kier alpha value is -1.10. The highest BCUT2D eigenvalue weighted by atomic mass is 16.5. The maximum Gasteiger partial charge on any atom is 0.310 e. The Morgan fingerprint density at radius 2 is 2.00 bits per heavy atom. The Labute approximate surface area is 108 Å². The van der Waals surface area contributed by atoms with Gasteiger partial charge in [0.2, 0.25) is 5.91 Å². The van der Waals surface area contributed by atoms with Crippen molar-refractivity contribution in [1.29, 1.82) is 0 Å². The molecule has 0 unspecified atom stereocenters. The summed E-state index contributed by atoms with van der Waals surface area (Å²) in [5.74, 6) is -0.368. The maximum absolute atomic E-state index is 12.1. The molecular formula is C13H23NO4. The first-order valence-electron chi connectivity index (χ1n) is 6.30. The van der Waals surface area contributed by atoms with Gasteiger partial charge in [0.25, 0.3) is 0 Å². The Morgan fingerprint density at radius 3 is 2.56 bits per heavy atom. The molecule has 0 radical (unpaired) electrons. The molecule has 1 rings (SSSR count). The molecule has 1 aliphatic rings. The van der Waals surface area contributed by atoms with E-state index in [1.165, 1.54) is 7.11 Å². The minimum absolute atomic E-state index is 0.0375. The zero-order valence-corrected chi connectivity index (χ0v) is 11.7. The van der Waals surface area contributed by atoms with Crippen LogP contribution in [0.3, 0.4) is 0 Å². The number of carbonyl (C=O) groups is 2. The average molecular weight is 257 g/mol. The van der Waals surface area contributed by atoms with Crippen LogP contribution < -0.4 is 0 Å². The van der Waals surface area contributed by atoms with Crippen LogP contribution in [-0.2, 0) is 19.1 Å². The molecule has 0 aromatic rings. The van der Waals surface area contributed by atoms with Gasteiger partial charge in [-0.3, -0.25) is 9.59 Å². The molecule has 1 heterocycles. The van der Waals surface area contributed by atoms with E-state index in [9.17, 15) is 9.59 Å². The third kappa shape index (κ3) is 3.98. The second-order valence-electron chi connectivity index (χ2n) is 5.34. The number of esters is 1. The summed E-state index contributed by atoms with van der Waals surface area (Å²) >= 11 is 0. The van der Waals surface area contributed by atoms with Gasteiger partial charge in [0.1, 0.15) is 0 Å². The summed E-state index contributed by atoms with van der Waals surface area (Å²) in [6, 6.07) is 0. The molecule has 0 aromatic heterocycles. The second-order valence-corrected chi connectivity index (χ2v) is 5.34. The van der Waals surface area contributed by atoms with Gasteiger partial charge in [-0.15, -0.1) is 0 Å². The van der Waals surface area contributed by atoms with Crippen molar-refractivity contribution in [3.05, 3.63) is 0 Å². The number of carbonyl (C=O) groups excluding carboxylic acids is 2. The van der Waals surface area contributed by atoms with Crippen molar-refractivity contribution in [2.24, 2.45) is 5.92 Å². The van der Waals surface area contributed by atoms with Crippen molar-refractivity contribution < 1.29 is 19.1 Å². The van der Waals surface area contributed by atoms with E-state index in [0.29, 0.717) is 19.5 Å². The summed E-state index contributed by atoms with van der Waals surface area (Å²) < 4.78 is 9.99. The van der Waals surface area contributed by atoms with Gasteiger partial charge in [0.15, 0.2) is 0 Å². The van der Waals surface area contributed by atoms with Gasteiger partial charge in [-0.2, -0.15) is 0 Å². The van der Waals surface area contributed by atoms with E-state index < -0.39 is 5.60 Å². The molecule has 18 heavy (non-hydrogen) atoms. The lowest BCUT2D eigenvalue weighted by Crippen LogP contribution is -2.45. The number of piperidine rings is 1. The van der Waals surface area contributed by atoms with E-state index in [4.69, 9.17) is 9.47 Å². The molecule has 1 fully saturated rings. The predicted octanol–water partition coefficient (Wildman–Crippen LogP) is 1.21. The number of amides is 1. The van der Waals surface area contributed by atoms with Gasteiger partial charge < -0.3 is 14.4 Å². The van der Waals surface area contributed by atoms with E-state index in [1.807, 2.05) is 13.8 Å². The zero-order chi connectivity index (χ0) is 13.8. The maximum atomic E-state index is 12.1. The lowest BCUT2D eigenvalue weighted by molar-refractivity contribution is -0.149. The summed E-state index contributed by atoms with van der Waals surface area (Å²) in [7, 11) is 2.98. The molecule has 5 nitrogen and oxygen atoms in total. The van der Waals surface area contributed by atoms with Gasteiger partial charge in [-0.1, -0.05) is 0 Å². The Balaban J connectivity index is 2.56. The number of rotatable bonds is 4. The highest BCUT2D eigenvalue weighted by molar-refractivity contribution is 5.79. The normalized spacial score (nSPS) is 20.7. The number of methoxy groups -OCH3 is 2. The molecule has 0 aliphatic carbocycles. The lowest BCUT2D eigenvalue weighted by atomic mass is 9.96. The molecule has 1 aliphatic heterocycles. The van der Waals surface area contributed by atoms with Crippen molar-refractivity contribution in [3.8, 4) is 0 Å². The highest BCUT2D eigenvalue weighted by Crippen LogP contribution is 2.21. The Kier molecular flexibility index (Phi) is 5.14. The molecular weight excluding hydrogens is 234 g/mol. The van der Waals surface area contributed by atoms with Crippen LogP contribution in [0, 0.1) is 5.92 Å². The molecule has 1 amide bonds. The molecule has 0 saturated carbocycles. The molecule has 0 aromatic carbocycles. The van der Waals surface area contributed by atoms with Crippen molar-refractivity contribution in [1.82, 2.24) is 4.90 Å². The Morgan fingerprint density at radius 1 is 1.33 bits per heavy atom.